The van der Waals surface area contributed by atoms with Crippen molar-refractivity contribution in [3.63, 3.8) is 0 Å². The summed E-state index contributed by atoms with van der Waals surface area (Å²) in [6.07, 6.45) is 2.86. The Morgan fingerprint density at radius 1 is 1.05 bits per heavy atom. The lowest BCUT2D eigenvalue weighted by molar-refractivity contribution is -0.136. The molecule has 1 aromatic rings. The third kappa shape index (κ3) is 6.89. The van der Waals surface area contributed by atoms with Gasteiger partial charge in [0.05, 0.1) is 0 Å². The Morgan fingerprint density at radius 2 is 1.75 bits per heavy atom. The van der Waals surface area contributed by atoms with E-state index >= 15 is 0 Å². The van der Waals surface area contributed by atoms with Gasteiger partial charge in [0.1, 0.15) is 0 Å². The number of benzene rings is 1. The standard InChI is InChI=1S/C15H22N2O3/c1-2-3-11-20-12-7-10-16-14(18)15(19)17-13-8-5-4-6-9-13/h4-6,8-9H,2-3,7,10-12H2,1H3,(H,16,18)(H,17,19). The summed E-state index contributed by atoms with van der Waals surface area (Å²) in [7, 11) is 0. The number of carbonyl (C=O) groups excluding carboxylic acids is 2. The van der Waals surface area contributed by atoms with Gasteiger partial charge in [0, 0.05) is 25.4 Å². The number of anilines is 1. The van der Waals surface area contributed by atoms with Crippen molar-refractivity contribution in [3.8, 4) is 0 Å². The van der Waals surface area contributed by atoms with Gasteiger partial charge >= 0.3 is 11.8 Å². The maximum atomic E-state index is 11.6. The number of rotatable bonds is 8. The van der Waals surface area contributed by atoms with E-state index < -0.39 is 11.8 Å². The van der Waals surface area contributed by atoms with Gasteiger partial charge in [0.25, 0.3) is 0 Å². The Kier molecular flexibility index (Phi) is 8.07. The Hall–Kier alpha value is -1.88. The second-order valence-corrected chi connectivity index (χ2v) is 4.40. The first-order chi connectivity index (χ1) is 9.74. The SMILES string of the molecule is CCCCOCCCNC(=O)C(=O)Nc1ccccc1. The van der Waals surface area contributed by atoms with E-state index in [0.717, 1.165) is 19.4 Å². The molecule has 110 valence electrons. The van der Waals surface area contributed by atoms with Gasteiger partial charge in [0.15, 0.2) is 0 Å². The number of para-hydroxylation sites is 1. The van der Waals surface area contributed by atoms with Crippen molar-refractivity contribution in [2.24, 2.45) is 0 Å². The molecule has 0 saturated carbocycles. The highest BCUT2D eigenvalue weighted by Gasteiger charge is 2.12. The van der Waals surface area contributed by atoms with Crippen LogP contribution in [0.5, 0.6) is 0 Å². The number of nitrogens with one attached hydrogen (secondary N) is 2. The minimum absolute atomic E-state index is 0.438. The average molecular weight is 278 g/mol. The lowest BCUT2D eigenvalue weighted by atomic mass is 10.3. The van der Waals surface area contributed by atoms with Crippen molar-refractivity contribution in [3.05, 3.63) is 30.3 Å². The molecular weight excluding hydrogens is 256 g/mol. The normalized spacial score (nSPS) is 10.1. The van der Waals surface area contributed by atoms with Crippen molar-refractivity contribution in [2.45, 2.75) is 26.2 Å². The molecule has 0 saturated heterocycles. The predicted octanol–water partition coefficient (Wildman–Crippen LogP) is 1.95. The lowest BCUT2D eigenvalue weighted by Gasteiger charge is -2.06. The second kappa shape index (κ2) is 9.97. The van der Waals surface area contributed by atoms with Gasteiger partial charge in [0.2, 0.25) is 0 Å². The number of hydrogen-bond donors (Lipinski definition) is 2. The highest BCUT2D eigenvalue weighted by Crippen LogP contribution is 2.04. The summed E-state index contributed by atoms with van der Waals surface area (Å²) in [6, 6.07) is 8.89. The summed E-state index contributed by atoms with van der Waals surface area (Å²) in [5.74, 6) is -1.27. The zero-order chi connectivity index (χ0) is 14.6. The summed E-state index contributed by atoms with van der Waals surface area (Å²) in [6.45, 7) is 3.89. The number of hydrogen-bond acceptors (Lipinski definition) is 3. The first-order valence-electron chi connectivity index (χ1n) is 6.96. The van der Waals surface area contributed by atoms with Gasteiger partial charge < -0.3 is 15.4 Å². The fraction of sp³-hybridized carbons (Fsp3) is 0.467. The van der Waals surface area contributed by atoms with Crippen LogP contribution in [0.1, 0.15) is 26.2 Å². The molecule has 1 aromatic carbocycles. The molecule has 2 N–H and O–H groups in total. The van der Waals surface area contributed by atoms with Crippen molar-refractivity contribution >= 4 is 17.5 Å². The van der Waals surface area contributed by atoms with Crippen molar-refractivity contribution in [1.82, 2.24) is 5.32 Å². The molecule has 0 spiro atoms. The molecule has 0 aliphatic rings. The molecule has 0 heterocycles. The number of unbranched alkanes of at least 4 members (excludes halogenated alkanes) is 1. The van der Waals surface area contributed by atoms with E-state index in [1.807, 2.05) is 6.07 Å². The van der Waals surface area contributed by atoms with E-state index in [-0.39, 0.29) is 0 Å². The summed E-state index contributed by atoms with van der Waals surface area (Å²) < 4.78 is 5.36. The number of amides is 2. The minimum Gasteiger partial charge on any atom is -0.381 e. The molecule has 5 nitrogen and oxygen atoms in total. The summed E-state index contributed by atoms with van der Waals surface area (Å²) >= 11 is 0. The molecule has 0 aromatic heterocycles. The zero-order valence-corrected chi connectivity index (χ0v) is 11.9. The van der Waals surface area contributed by atoms with Crippen LogP contribution >= 0.6 is 0 Å². The van der Waals surface area contributed by atoms with Crippen molar-refractivity contribution in [1.29, 1.82) is 0 Å². The van der Waals surface area contributed by atoms with Crippen LogP contribution in [0.15, 0.2) is 30.3 Å². The van der Waals surface area contributed by atoms with E-state index in [0.29, 0.717) is 25.3 Å². The van der Waals surface area contributed by atoms with E-state index in [1.54, 1.807) is 24.3 Å². The molecule has 0 radical (unpaired) electrons. The van der Waals surface area contributed by atoms with Crippen LogP contribution in [0.25, 0.3) is 0 Å². The Balaban J connectivity index is 2.11. The van der Waals surface area contributed by atoms with E-state index in [4.69, 9.17) is 4.74 Å². The molecule has 5 heteroatoms. The maximum Gasteiger partial charge on any atom is 0.313 e. The third-order valence-electron chi connectivity index (χ3n) is 2.63. The predicted molar refractivity (Wildman–Crippen MR) is 78.4 cm³/mol. The summed E-state index contributed by atoms with van der Waals surface area (Å²) in [4.78, 5) is 23.1. The van der Waals surface area contributed by atoms with Crippen LogP contribution in [0.2, 0.25) is 0 Å². The molecule has 1 rings (SSSR count). The molecule has 0 fully saturated rings. The van der Waals surface area contributed by atoms with Gasteiger partial charge in [-0.15, -0.1) is 0 Å². The van der Waals surface area contributed by atoms with Crippen LogP contribution in [0.3, 0.4) is 0 Å². The van der Waals surface area contributed by atoms with E-state index in [9.17, 15) is 9.59 Å². The minimum atomic E-state index is -0.650. The highest BCUT2D eigenvalue weighted by molar-refractivity contribution is 6.39. The molecule has 0 atom stereocenters. The summed E-state index contributed by atoms with van der Waals surface area (Å²) in [5.41, 5.74) is 0.607. The lowest BCUT2D eigenvalue weighted by Crippen LogP contribution is -2.36. The Morgan fingerprint density at radius 3 is 2.45 bits per heavy atom. The zero-order valence-electron chi connectivity index (χ0n) is 11.9. The van der Waals surface area contributed by atoms with Crippen LogP contribution in [-0.2, 0) is 14.3 Å². The largest absolute Gasteiger partial charge is 0.381 e. The average Bonchev–Trinajstić information content (AvgIpc) is 2.47. The molecular formula is C15H22N2O3. The van der Waals surface area contributed by atoms with Gasteiger partial charge in [-0.2, -0.15) is 0 Å². The summed E-state index contributed by atoms with van der Waals surface area (Å²) in [5, 5.41) is 5.09. The highest BCUT2D eigenvalue weighted by atomic mass is 16.5. The quantitative estimate of drug-likeness (QED) is 0.564. The molecule has 0 bridgehead atoms. The van der Waals surface area contributed by atoms with E-state index in [1.165, 1.54) is 0 Å². The van der Waals surface area contributed by atoms with Gasteiger partial charge in [-0.1, -0.05) is 31.5 Å². The monoisotopic (exact) mass is 278 g/mol. The second-order valence-electron chi connectivity index (χ2n) is 4.40. The topological polar surface area (TPSA) is 67.4 Å². The van der Waals surface area contributed by atoms with Crippen molar-refractivity contribution < 1.29 is 14.3 Å². The van der Waals surface area contributed by atoms with Crippen LogP contribution in [0, 0.1) is 0 Å². The maximum absolute atomic E-state index is 11.6. The van der Waals surface area contributed by atoms with Crippen LogP contribution in [0.4, 0.5) is 5.69 Å². The molecule has 20 heavy (non-hydrogen) atoms. The fourth-order valence-corrected chi connectivity index (χ4v) is 1.51. The first kappa shape index (κ1) is 16.2. The molecule has 2 amide bonds. The fourth-order valence-electron chi connectivity index (χ4n) is 1.51. The molecule has 0 aliphatic carbocycles. The number of carbonyl (C=O) groups is 2. The third-order valence-corrected chi connectivity index (χ3v) is 2.63. The van der Waals surface area contributed by atoms with Gasteiger partial charge in [-0.05, 0) is 25.0 Å². The van der Waals surface area contributed by atoms with Gasteiger partial charge in [-0.3, -0.25) is 9.59 Å². The molecule has 0 unspecified atom stereocenters. The van der Waals surface area contributed by atoms with Crippen LogP contribution < -0.4 is 10.6 Å². The van der Waals surface area contributed by atoms with Gasteiger partial charge in [-0.25, -0.2) is 0 Å². The van der Waals surface area contributed by atoms with E-state index in [2.05, 4.69) is 17.6 Å². The number of ether oxygens (including phenoxy) is 1. The first-order valence-corrected chi connectivity index (χ1v) is 6.96. The van der Waals surface area contributed by atoms with Crippen LogP contribution in [-0.4, -0.2) is 31.6 Å². The van der Waals surface area contributed by atoms with Crippen molar-refractivity contribution in [2.75, 3.05) is 25.1 Å². The molecule has 0 aliphatic heterocycles. The smallest absolute Gasteiger partial charge is 0.313 e. The Labute approximate surface area is 119 Å². The Bertz CT molecular complexity index is 407.